The summed E-state index contributed by atoms with van der Waals surface area (Å²) < 4.78 is 4.75. The normalized spacial score (nSPS) is 11.9. The maximum Gasteiger partial charge on any atom is 0.306 e. The van der Waals surface area contributed by atoms with Crippen molar-refractivity contribution in [3.05, 3.63) is 33.9 Å². The van der Waals surface area contributed by atoms with Crippen molar-refractivity contribution in [2.45, 2.75) is 53.4 Å². The molecule has 6 nitrogen and oxygen atoms in total. The Balaban J connectivity index is 0.00000676. The third kappa shape index (κ3) is 7.79. The van der Waals surface area contributed by atoms with E-state index in [0.717, 1.165) is 18.7 Å². The predicted molar refractivity (Wildman–Crippen MR) is 115 cm³/mol. The van der Waals surface area contributed by atoms with E-state index in [-0.39, 0.29) is 42.4 Å². The number of nitro benzene ring substituents is 1. The van der Waals surface area contributed by atoms with E-state index in [4.69, 9.17) is 4.74 Å². The van der Waals surface area contributed by atoms with Crippen LogP contribution in [0.1, 0.15) is 58.9 Å². The van der Waals surface area contributed by atoms with E-state index in [1.807, 2.05) is 19.1 Å². The standard InChI is InChI=1S/C20H32N2O4.H2S/c1-7-16(11-20(23)26-6)17-8-9-18(19(10-17)22(24)25)21(12-14(2)3)13-15(4)5;/h8-10,14-16H,7,11-13H2,1-6H3;1H2/t16-;/m0./s1. The van der Waals surface area contributed by atoms with Crippen molar-refractivity contribution < 1.29 is 14.5 Å². The highest BCUT2D eigenvalue weighted by Crippen LogP contribution is 2.34. The zero-order valence-corrected chi connectivity index (χ0v) is 18.3. The molecule has 0 aliphatic rings. The maximum absolute atomic E-state index is 11.7. The Morgan fingerprint density at radius 1 is 1.19 bits per heavy atom. The van der Waals surface area contributed by atoms with Crippen LogP contribution in [0.3, 0.4) is 0 Å². The minimum atomic E-state index is -0.322. The monoisotopic (exact) mass is 398 g/mol. The van der Waals surface area contributed by atoms with Crippen molar-refractivity contribution in [3.8, 4) is 0 Å². The van der Waals surface area contributed by atoms with Crippen LogP contribution in [0.2, 0.25) is 0 Å². The van der Waals surface area contributed by atoms with Crippen LogP contribution in [0.5, 0.6) is 0 Å². The molecule has 0 saturated carbocycles. The second-order valence-electron chi connectivity index (χ2n) is 7.58. The highest BCUT2D eigenvalue weighted by Gasteiger charge is 2.24. The zero-order chi connectivity index (χ0) is 19.9. The van der Waals surface area contributed by atoms with Gasteiger partial charge in [0.15, 0.2) is 0 Å². The lowest BCUT2D eigenvalue weighted by Gasteiger charge is -2.28. The quantitative estimate of drug-likeness (QED) is 0.319. The van der Waals surface area contributed by atoms with Gasteiger partial charge in [-0.2, -0.15) is 13.5 Å². The molecule has 0 unspecified atom stereocenters. The van der Waals surface area contributed by atoms with E-state index < -0.39 is 0 Å². The maximum atomic E-state index is 11.7. The number of anilines is 1. The van der Waals surface area contributed by atoms with Gasteiger partial charge < -0.3 is 9.64 Å². The van der Waals surface area contributed by atoms with Crippen molar-refractivity contribution in [2.75, 3.05) is 25.1 Å². The summed E-state index contributed by atoms with van der Waals surface area (Å²) in [6.45, 7) is 11.9. The first-order valence-corrected chi connectivity index (χ1v) is 9.29. The first-order valence-electron chi connectivity index (χ1n) is 9.29. The van der Waals surface area contributed by atoms with Crippen LogP contribution in [-0.2, 0) is 9.53 Å². The SMILES string of the molecule is CC[C@@H](CC(=O)OC)c1ccc(N(CC(C)C)CC(C)C)c([N+](=O)[O-])c1.S. The first-order chi connectivity index (χ1) is 12.2. The Labute approximate surface area is 169 Å². The molecule has 1 atom stereocenters. The Bertz CT molecular complexity index is 610. The number of nitro groups is 1. The first kappa shape index (κ1) is 25.2. The van der Waals surface area contributed by atoms with Gasteiger partial charge in [0.1, 0.15) is 5.69 Å². The average Bonchev–Trinajstić information content (AvgIpc) is 2.57. The molecule has 154 valence electrons. The van der Waals surface area contributed by atoms with E-state index in [2.05, 4.69) is 32.6 Å². The van der Waals surface area contributed by atoms with Crippen LogP contribution in [-0.4, -0.2) is 31.1 Å². The summed E-state index contributed by atoms with van der Waals surface area (Å²) in [5, 5.41) is 11.7. The Morgan fingerprint density at radius 3 is 2.15 bits per heavy atom. The number of ether oxygens (including phenoxy) is 1. The summed E-state index contributed by atoms with van der Waals surface area (Å²) in [6, 6.07) is 5.37. The Hall–Kier alpha value is -1.76. The molecule has 0 aliphatic heterocycles. The lowest BCUT2D eigenvalue weighted by Crippen LogP contribution is -2.31. The molecule has 0 bridgehead atoms. The summed E-state index contributed by atoms with van der Waals surface area (Å²) in [5.41, 5.74) is 1.56. The number of carbonyl (C=O) groups excluding carboxylic acids is 1. The Kier molecular flexibility index (Phi) is 11.1. The predicted octanol–water partition coefficient (Wildman–Crippen LogP) is 4.88. The van der Waals surface area contributed by atoms with Gasteiger partial charge in [-0.15, -0.1) is 0 Å². The molecular formula is C20H34N2O4S. The smallest absolute Gasteiger partial charge is 0.306 e. The fraction of sp³-hybridized carbons (Fsp3) is 0.650. The molecular weight excluding hydrogens is 364 g/mol. The van der Waals surface area contributed by atoms with E-state index in [1.54, 1.807) is 6.07 Å². The van der Waals surface area contributed by atoms with Crippen molar-refractivity contribution in [2.24, 2.45) is 11.8 Å². The van der Waals surface area contributed by atoms with Crippen molar-refractivity contribution in [3.63, 3.8) is 0 Å². The molecule has 0 aromatic heterocycles. The highest BCUT2D eigenvalue weighted by atomic mass is 32.1. The van der Waals surface area contributed by atoms with Gasteiger partial charge in [0.2, 0.25) is 0 Å². The van der Waals surface area contributed by atoms with E-state index in [0.29, 0.717) is 23.9 Å². The molecule has 0 spiro atoms. The summed E-state index contributed by atoms with van der Waals surface area (Å²) >= 11 is 0. The second-order valence-corrected chi connectivity index (χ2v) is 7.58. The third-order valence-electron chi connectivity index (χ3n) is 4.31. The molecule has 0 fully saturated rings. The zero-order valence-electron chi connectivity index (χ0n) is 17.3. The summed E-state index contributed by atoms with van der Waals surface area (Å²) in [5.74, 6) is 0.412. The molecule has 0 aliphatic carbocycles. The van der Waals surface area contributed by atoms with E-state index >= 15 is 0 Å². The van der Waals surface area contributed by atoms with Crippen molar-refractivity contribution in [1.29, 1.82) is 0 Å². The number of hydrogen-bond donors (Lipinski definition) is 0. The lowest BCUT2D eigenvalue weighted by molar-refractivity contribution is -0.384. The number of esters is 1. The van der Waals surface area contributed by atoms with Crippen molar-refractivity contribution in [1.82, 2.24) is 0 Å². The second kappa shape index (κ2) is 11.8. The molecule has 0 radical (unpaired) electrons. The number of nitrogens with zero attached hydrogens (tertiary/aromatic N) is 2. The number of carbonyl (C=O) groups is 1. The minimum Gasteiger partial charge on any atom is -0.469 e. The Morgan fingerprint density at radius 2 is 1.74 bits per heavy atom. The molecule has 0 amide bonds. The molecule has 27 heavy (non-hydrogen) atoms. The summed E-state index contributed by atoms with van der Waals surface area (Å²) in [7, 11) is 1.36. The lowest BCUT2D eigenvalue weighted by atomic mass is 9.92. The fourth-order valence-corrected chi connectivity index (χ4v) is 3.14. The number of hydrogen-bond acceptors (Lipinski definition) is 5. The van der Waals surface area contributed by atoms with E-state index in [1.165, 1.54) is 7.11 Å². The largest absolute Gasteiger partial charge is 0.469 e. The topological polar surface area (TPSA) is 72.7 Å². The molecule has 0 N–H and O–H groups in total. The third-order valence-corrected chi connectivity index (χ3v) is 4.31. The molecule has 1 rings (SSSR count). The molecule has 0 saturated heterocycles. The number of rotatable bonds is 10. The molecule has 1 aromatic carbocycles. The van der Waals surface area contributed by atoms with Crippen LogP contribution in [0, 0.1) is 22.0 Å². The number of benzene rings is 1. The van der Waals surface area contributed by atoms with Gasteiger partial charge in [-0.05, 0) is 35.8 Å². The highest BCUT2D eigenvalue weighted by molar-refractivity contribution is 7.59. The average molecular weight is 399 g/mol. The van der Waals surface area contributed by atoms with Gasteiger partial charge in [0, 0.05) is 19.2 Å². The molecule has 7 heteroatoms. The molecule has 1 aromatic rings. The summed E-state index contributed by atoms with van der Waals surface area (Å²) in [4.78, 5) is 25.1. The summed E-state index contributed by atoms with van der Waals surface area (Å²) in [6.07, 6.45) is 0.943. The van der Waals surface area contributed by atoms with Gasteiger partial charge in [-0.25, -0.2) is 0 Å². The van der Waals surface area contributed by atoms with Crippen LogP contribution in [0.15, 0.2) is 18.2 Å². The van der Waals surface area contributed by atoms with Crippen LogP contribution < -0.4 is 4.90 Å². The van der Waals surface area contributed by atoms with Crippen LogP contribution in [0.25, 0.3) is 0 Å². The van der Waals surface area contributed by atoms with Gasteiger partial charge >= 0.3 is 5.97 Å². The van der Waals surface area contributed by atoms with Gasteiger partial charge in [-0.1, -0.05) is 40.7 Å². The fourth-order valence-electron chi connectivity index (χ4n) is 3.14. The van der Waals surface area contributed by atoms with Gasteiger partial charge in [0.25, 0.3) is 5.69 Å². The van der Waals surface area contributed by atoms with E-state index in [9.17, 15) is 14.9 Å². The van der Waals surface area contributed by atoms with Gasteiger partial charge in [0.05, 0.1) is 18.5 Å². The van der Waals surface area contributed by atoms with Crippen LogP contribution in [0.4, 0.5) is 11.4 Å². The number of methoxy groups -OCH3 is 1. The van der Waals surface area contributed by atoms with Gasteiger partial charge in [-0.3, -0.25) is 14.9 Å². The van der Waals surface area contributed by atoms with Crippen molar-refractivity contribution >= 4 is 30.8 Å². The molecule has 0 heterocycles. The minimum absolute atomic E-state index is 0. The van der Waals surface area contributed by atoms with Crippen LogP contribution >= 0.6 is 13.5 Å².